The van der Waals surface area contributed by atoms with E-state index < -0.39 is 8.07 Å². The minimum Gasteiger partial charge on any atom is -0.382 e. The summed E-state index contributed by atoms with van der Waals surface area (Å²) in [5.41, 5.74) is 3.99. The maximum Gasteiger partial charge on any atom is 0.0907 e. The molecule has 0 spiro atoms. The van der Waals surface area contributed by atoms with Gasteiger partial charge in [-0.2, -0.15) is 0 Å². The lowest BCUT2D eigenvalue weighted by molar-refractivity contribution is 0.145. The first kappa shape index (κ1) is 26.5. The van der Waals surface area contributed by atoms with Gasteiger partial charge in [-0.3, -0.25) is 0 Å². The molecule has 0 aliphatic rings. The predicted molar refractivity (Wildman–Crippen MR) is 154 cm³/mol. The number of hydrogen-bond acceptors (Lipinski definition) is 2. The zero-order chi connectivity index (χ0) is 24.1. The zero-order valence-electron chi connectivity index (χ0n) is 21.1. The van der Waals surface area contributed by atoms with E-state index in [0.29, 0.717) is 0 Å². The average Bonchev–Trinajstić information content (AvgIpc) is 2.86. The third-order valence-corrected chi connectivity index (χ3v) is 9.25. The summed E-state index contributed by atoms with van der Waals surface area (Å²) in [4.78, 5) is 0. The molecule has 0 radical (unpaired) electrons. The number of benzene rings is 3. The molecule has 0 aliphatic heterocycles. The Labute approximate surface area is 212 Å². The summed E-state index contributed by atoms with van der Waals surface area (Å²) < 4.78 is 5.61. The van der Waals surface area contributed by atoms with Gasteiger partial charge in [0.05, 0.1) is 4.75 Å². The van der Waals surface area contributed by atoms with Crippen molar-refractivity contribution in [3.63, 3.8) is 0 Å². The molecule has 180 valence electrons. The lowest BCUT2D eigenvalue weighted by atomic mass is 9.84. The van der Waals surface area contributed by atoms with Crippen LogP contribution in [0.15, 0.2) is 103 Å². The highest BCUT2D eigenvalue weighted by Gasteiger charge is 2.36. The van der Waals surface area contributed by atoms with Gasteiger partial charge in [-0.15, -0.1) is 11.8 Å². The van der Waals surface area contributed by atoms with E-state index in [0.717, 1.165) is 38.2 Å². The molecule has 0 heterocycles. The zero-order valence-corrected chi connectivity index (χ0v) is 22.9. The Morgan fingerprint density at radius 3 is 1.62 bits per heavy atom. The summed E-state index contributed by atoms with van der Waals surface area (Å²) >= 11 is 2.03. The molecule has 0 aliphatic carbocycles. The Hall–Kier alpha value is -2.07. The van der Waals surface area contributed by atoms with E-state index in [1.807, 2.05) is 11.8 Å². The topological polar surface area (TPSA) is 9.23 Å². The van der Waals surface area contributed by atoms with Crippen LogP contribution in [0.2, 0.25) is 25.7 Å². The van der Waals surface area contributed by atoms with Gasteiger partial charge in [0, 0.05) is 21.3 Å². The van der Waals surface area contributed by atoms with Crippen molar-refractivity contribution in [2.45, 2.75) is 49.7 Å². The molecule has 0 fully saturated rings. The Kier molecular flexibility index (Phi) is 10.7. The van der Waals surface area contributed by atoms with Crippen molar-refractivity contribution < 1.29 is 4.74 Å². The Morgan fingerprint density at radius 2 is 1.15 bits per heavy atom. The van der Waals surface area contributed by atoms with E-state index in [4.69, 9.17) is 4.74 Å². The second-order valence-electron chi connectivity index (χ2n) is 9.95. The highest BCUT2D eigenvalue weighted by atomic mass is 32.2. The molecule has 0 aromatic heterocycles. The van der Waals surface area contributed by atoms with Crippen LogP contribution >= 0.6 is 11.8 Å². The first-order valence-electron chi connectivity index (χ1n) is 12.6. The summed E-state index contributed by atoms with van der Waals surface area (Å²) in [5.74, 6) is 1.06. The van der Waals surface area contributed by atoms with E-state index in [-0.39, 0.29) is 4.75 Å². The average molecular weight is 489 g/mol. The highest BCUT2D eigenvalue weighted by Crippen LogP contribution is 2.48. The molecule has 0 saturated carbocycles. The molecule has 3 rings (SSSR count). The van der Waals surface area contributed by atoms with Crippen LogP contribution in [0.1, 0.15) is 36.0 Å². The Balaban J connectivity index is 1.62. The van der Waals surface area contributed by atoms with Crippen LogP contribution in [-0.4, -0.2) is 27.0 Å². The molecule has 3 aromatic carbocycles. The fourth-order valence-electron chi connectivity index (χ4n) is 4.07. The van der Waals surface area contributed by atoms with Crippen LogP contribution in [-0.2, 0) is 9.48 Å². The number of thioether (sulfide) groups is 1. The van der Waals surface area contributed by atoms with Gasteiger partial charge in [-0.25, -0.2) is 0 Å². The van der Waals surface area contributed by atoms with Gasteiger partial charge in [0.25, 0.3) is 0 Å². The van der Waals surface area contributed by atoms with Crippen LogP contribution in [0.25, 0.3) is 0 Å². The quantitative estimate of drug-likeness (QED) is 0.0970. The third-order valence-electron chi connectivity index (χ3n) is 5.97. The molecular formula is C31H40OSSi. The van der Waals surface area contributed by atoms with Crippen LogP contribution < -0.4 is 0 Å². The van der Waals surface area contributed by atoms with Gasteiger partial charge < -0.3 is 4.74 Å². The number of allylic oxidation sites excluding steroid dienone is 2. The smallest absolute Gasteiger partial charge is 0.0907 e. The normalized spacial score (nSPS) is 12.3. The van der Waals surface area contributed by atoms with Crippen molar-refractivity contribution in [3.8, 4) is 0 Å². The summed E-state index contributed by atoms with van der Waals surface area (Å²) in [7, 11) is -0.978. The van der Waals surface area contributed by atoms with E-state index in [1.165, 1.54) is 22.7 Å². The molecule has 0 N–H and O–H groups in total. The molecule has 0 amide bonds. The second kappa shape index (κ2) is 13.7. The second-order valence-corrected chi connectivity index (χ2v) is 16.9. The SMILES string of the molecule is C[Si](C)(C)CCOCCCC=CCCSC(c1ccccc1)(c1ccccc1)c1ccccc1. The van der Waals surface area contributed by atoms with Crippen LogP contribution in [0.5, 0.6) is 0 Å². The number of rotatable bonds is 14. The van der Waals surface area contributed by atoms with E-state index in [9.17, 15) is 0 Å². The monoisotopic (exact) mass is 488 g/mol. The number of hydrogen-bond donors (Lipinski definition) is 0. The Morgan fingerprint density at radius 1 is 0.676 bits per heavy atom. The molecule has 0 unspecified atom stereocenters. The van der Waals surface area contributed by atoms with Gasteiger partial charge in [-0.1, -0.05) is 123 Å². The molecule has 3 aromatic rings. The molecule has 0 saturated heterocycles. The standard InChI is InChI=1S/C31H40OSSi/c1-34(2,3)27-25-32-24-16-5-4-6-17-26-33-31(28-18-10-7-11-19-28,29-20-12-8-13-21-29)30-22-14-9-15-23-30/h4,6-15,18-23H,5,16-17,24-27H2,1-3H3. The van der Waals surface area contributed by atoms with Crippen molar-refractivity contribution in [2.75, 3.05) is 19.0 Å². The highest BCUT2D eigenvalue weighted by molar-refractivity contribution is 8.00. The molecule has 34 heavy (non-hydrogen) atoms. The van der Waals surface area contributed by atoms with E-state index >= 15 is 0 Å². The van der Waals surface area contributed by atoms with Gasteiger partial charge in [0.2, 0.25) is 0 Å². The van der Waals surface area contributed by atoms with E-state index in [1.54, 1.807) is 0 Å². The summed E-state index contributed by atoms with van der Waals surface area (Å²) in [6.07, 6.45) is 7.95. The fraction of sp³-hybridized carbons (Fsp3) is 0.355. The maximum absolute atomic E-state index is 5.83. The minimum atomic E-state index is -0.978. The van der Waals surface area contributed by atoms with Crippen LogP contribution in [0.3, 0.4) is 0 Å². The minimum absolute atomic E-state index is 0.220. The largest absolute Gasteiger partial charge is 0.382 e. The first-order chi connectivity index (χ1) is 16.5. The predicted octanol–water partition coefficient (Wildman–Crippen LogP) is 8.79. The number of unbranched alkanes of at least 4 members (excludes halogenated alkanes) is 1. The molecule has 0 bridgehead atoms. The molecule has 3 heteroatoms. The fourth-order valence-corrected chi connectivity index (χ4v) is 6.29. The summed E-state index contributed by atoms with van der Waals surface area (Å²) in [6.45, 7) is 9.01. The number of ether oxygens (including phenoxy) is 1. The van der Waals surface area contributed by atoms with Gasteiger partial charge >= 0.3 is 0 Å². The molecule has 0 atom stereocenters. The van der Waals surface area contributed by atoms with Crippen molar-refractivity contribution in [1.29, 1.82) is 0 Å². The van der Waals surface area contributed by atoms with Crippen LogP contribution in [0, 0.1) is 0 Å². The van der Waals surface area contributed by atoms with Gasteiger partial charge in [0.15, 0.2) is 0 Å². The molecular weight excluding hydrogens is 448 g/mol. The van der Waals surface area contributed by atoms with Crippen molar-refractivity contribution in [2.24, 2.45) is 0 Å². The van der Waals surface area contributed by atoms with Crippen molar-refractivity contribution >= 4 is 19.8 Å². The van der Waals surface area contributed by atoms with Crippen LogP contribution in [0.4, 0.5) is 0 Å². The lowest BCUT2D eigenvalue weighted by Gasteiger charge is -2.35. The summed E-state index contributed by atoms with van der Waals surface area (Å²) in [6, 6.07) is 34.1. The maximum atomic E-state index is 5.83. The summed E-state index contributed by atoms with van der Waals surface area (Å²) in [5, 5.41) is 0. The Bertz CT molecular complexity index is 868. The van der Waals surface area contributed by atoms with E-state index in [2.05, 4.69) is 123 Å². The van der Waals surface area contributed by atoms with Crippen molar-refractivity contribution in [1.82, 2.24) is 0 Å². The van der Waals surface area contributed by atoms with Crippen molar-refractivity contribution in [3.05, 3.63) is 120 Å². The first-order valence-corrected chi connectivity index (χ1v) is 17.2. The molecule has 1 nitrogen and oxygen atoms in total. The lowest BCUT2D eigenvalue weighted by Crippen LogP contribution is -2.26. The third kappa shape index (κ3) is 8.01. The van der Waals surface area contributed by atoms with Gasteiger partial charge in [0.1, 0.15) is 0 Å². The van der Waals surface area contributed by atoms with Gasteiger partial charge in [-0.05, 0) is 47.7 Å².